The van der Waals surface area contributed by atoms with Gasteiger partial charge in [0.15, 0.2) is 11.9 Å². The highest BCUT2D eigenvalue weighted by atomic mass is 16.5. The van der Waals surface area contributed by atoms with Crippen molar-refractivity contribution >= 4 is 17.5 Å². The van der Waals surface area contributed by atoms with E-state index in [9.17, 15) is 14.7 Å². The van der Waals surface area contributed by atoms with E-state index in [1.165, 1.54) is 0 Å². The topological polar surface area (TPSA) is 82.1 Å². The Kier molecular flexibility index (Phi) is 4.73. The van der Waals surface area contributed by atoms with Crippen molar-refractivity contribution in [3.8, 4) is 5.75 Å². The standard InChI is InChI=1S/C17H23N3O4/c1-11(21)10-19-6-8-20(9-7-19)17(23)13-4-3-5-14-15(13)24-12(2)16(22)18-14/h3-5,11-12,21H,6-10H2,1-2H3,(H,18,22). The predicted octanol–water partition coefficient (Wildman–Crippen LogP) is 0.545. The van der Waals surface area contributed by atoms with Crippen LogP contribution in [0.2, 0.25) is 0 Å². The summed E-state index contributed by atoms with van der Waals surface area (Å²) >= 11 is 0. The number of β-amino-alcohol motifs (C(OH)–C–C–N with tert-alkyl or cyclic N) is 1. The number of nitrogens with one attached hydrogen (secondary N) is 1. The van der Waals surface area contributed by atoms with E-state index in [4.69, 9.17) is 4.74 Å². The van der Waals surface area contributed by atoms with Crippen molar-refractivity contribution < 1.29 is 19.4 Å². The van der Waals surface area contributed by atoms with Gasteiger partial charge in [-0.15, -0.1) is 0 Å². The van der Waals surface area contributed by atoms with Crippen LogP contribution < -0.4 is 10.1 Å². The highest BCUT2D eigenvalue weighted by Gasteiger charge is 2.30. The Labute approximate surface area is 141 Å². The lowest BCUT2D eigenvalue weighted by atomic mass is 10.1. The third-order valence-corrected chi connectivity index (χ3v) is 4.35. The van der Waals surface area contributed by atoms with Crippen LogP contribution in [-0.2, 0) is 4.79 Å². The number of amides is 2. The number of carbonyl (C=O) groups is 2. The molecule has 0 radical (unpaired) electrons. The summed E-state index contributed by atoms with van der Waals surface area (Å²) in [7, 11) is 0. The zero-order valence-corrected chi connectivity index (χ0v) is 14.0. The lowest BCUT2D eigenvalue weighted by Crippen LogP contribution is -2.50. The van der Waals surface area contributed by atoms with E-state index in [1.54, 1.807) is 36.9 Å². The van der Waals surface area contributed by atoms with Crippen molar-refractivity contribution in [2.75, 3.05) is 38.0 Å². The zero-order chi connectivity index (χ0) is 17.3. The molecule has 3 rings (SSSR count). The van der Waals surface area contributed by atoms with Crippen LogP contribution in [0.1, 0.15) is 24.2 Å². The number of rotatable bonds is 3. The summed E-state index contributed by atoms with van der Waals surface area (Å²) in [4.78, 5) is 28.5. The molecule has 2 amide bonds. The molecule has 1 aromatic rings. The molecule has 2 N–H and O–H groups in total. The second-order valence-corrected chi connectivity index (χ2v) is 6.37. The number of carbonyl (C=O) groups excluding carboxylic acids is 2. The average molecular weight is 333 g/mol. The lowest BCUT2D eigenvalue weighted by Gasteiger charge is -2.36. The fraction of sp³-hybridized carbons (Fsp3) is 0.529. The van der Waals surface area contributed by atoms with Crippen LogP contribution in [0.3, 0.4) is 0 Å². The van der Waals surface area contributed by atoms with Gasteiger partial charge in [-0.3, -0.25) is 14.5 Å². The summed E-state index contributed by atoms with van der Waals surface area (Å²) in [6.07, 6.45) is -0.985. The molecule has 2 unspecified atom stereocenters. The quantitative estimate of drug-likeness (QED) is 0.844. The molecular weight excluding hydrogens is 310 g/mol. The number of hydrogen-bond donors (Lipinski definition) is 2. The van der Waals surface area contributed by atoms with Crippen molar-refractivity contribution in [1.29, 1.82) is 0 Å². The molecule has 0 spiro atoms. The number of fused-ring (bicyclic) bond motifs is 1. The number of ether oxygens (including phenoxy) is 1. The second kappa shape index (κ2) is 6.78. The highest BCUT2D eigenvalue weighted by Crippen LogP contribution is 2.34. The van der Waals surface area contributed by atoms with Crippen LogP contribution in [-0.4, -0.2) is 71.7 Å². The van der Waals surface area contributed by atoms with E-state index in [0.29, 0.717) is 36.6 Å². The number of piperazine rings is 1. The Morgan fingerprint density at radius 1 is 1.38 bits per heavy atom. The van der Waals surface area contributed by atoms with Gasteiger partial charge in [0.25, 0.3) is 11.8 Å². The van der Waals surface area contributed by atoms with E-state index in [0.717, 1.165) is 13.1 Å². The minimum atomic E-state index is -0.616. The molecular formula is C17H23N3O4. The normalized spacial score (nSPS) is 22.4. The maximum atomic E-state index is 12.9. The third-order valence-electron chi connectivity index (χ3n) is 4.35. The number of nitrogens with zero attached hydrogens (tertiary/aromatic N) is 2. The molecule has 130 valence electrons. The van der Waals surface area contributed by atoms with Gasteiger partial charge >= 0.3 is 0 Å². The molecule has 2 aliphatic rings. The lowest BCUT2D eigenvalue weighted by molar-refractivity contribution is -0.122. The van der Waals surface area contributed by atoms with E-state index in [-0.39, 0.29) is 17.9 Å². The van der Waals surface area contributed by atoms with Crippen molar-refractivity contribution in [2.45, 2.75) is 26.1 Å². The van der Waals surface area contributed by atoms with Gasteiger partial charge in [-0.1, -0.05) is 6.07 Å². The van der Waals surface area contributed by atoms with Crippen LogP contribution in [0.15, 0.2) is 18.2 Å². The molecule has 0 aromatic heterocycles. The fourth-order valence-electron chi connectivity index (χ4n) is 3.07. The molecule has 1 aromatic carbocycles. The van der Waals surface area contributed by atoms with E-state index < -0.39 is 6.10 Å². The van der Waals surface area contributed by atoms with Gasteiger partial charge in [-0.2, -0.15) is 0 Å². The van der Waals surface area contributed by atoms with Crippen molar-refractivity contribution in [1.82, 2.24) is 9.80 Å². The largest absolute Gasteiger partial charge is 0.478 e. The molecule has 0 bridgehead atoms. The monoisotopic (exact) mass is 333 g/mol. The van der Waals surface area contributed by atoms with E-state index in [2.05, 4.69) is 10.2 Å². The summed E-state index contributed by atoms with van der Waals surface area (Å²) in [5.41, 5.74) is 1.01. The number of aliphatic hydroxyl groups excluding tert-OH is 1. The Hall–Kier alpha value is -2.12. The molecule has 7 heteroatoms. The van der Waals surface area contributed by atoms with E-state index in [1.807, 2.05) is 0 Å². The van der Waals surface area contributed by atoms with Crippen molar-refractivity contribution in [2.24, 2.45) is 0 Å². The molecule has 2 atom stereocenters. The van der Waals surface area contributed by atoms with Gasteiger partial charge in [0, 0.05) is 32.7 Å². The summed E-state index contributed by atoms with van der Waals surface area (Å²) in [6, 6.07) is 5.21. The molecule has 2 aliphatic heterocycles. The first kappa shape index (κ1) is 16.7. The molecule has 1 fully saturated rings. The summed E-state index contributed by atoms with van der Waals surface area (Å²) in [5, 5.41) is 12.2. The van der Waals surface area contributed by atoms with Crippen LogP contribution in [0.4, 0.5) is 5.69 Å². The minimum Gasteiger partial charge on any atom is -0.478 e. The van der Waals surface area contributed by atoms with Crippen LogP contribution in [0.25, 0.3) is 0 Å². The molecule has 2 heterocycles. The van der Waals surface area contributed by atoms with Crippen molar-refractivity contribution in [3.05, 3.63) is 23.8 Å². The number of hydrogen-bond acceptors (Lipinski definition) is 5. The molecule has 1 saturated heterocycles. The average Bonchev–Trinajstić information content (AvgIpc) is 2.55. The summed E-state index contributed by atoms with van der Waals surface area (Å²) < 4.78 is 5.66. The van der Waals surface area contributed by atoms with Crippen LogP contribution in [0, 0.1) is 0 Å². The first-order valence-electron chi connectivity index (χ1n) is 8.26. The van der Waals surface area contributed by atoms with Crippen molar-refractivity contribution in [3.63, 3.8) is 0 Å². The van der Waals surface area contributed by atoms with Gasteiger partial charge in [0.2, 0.25) is 0 Å². The second-order valence-electron chi connectivity index (χ2n) is 6.37. The summed E-state index contributed by atoms with van der Waals surface area (Å²) in [5.74, 6) is 0.145. The third kappa shape index (κ3) is 3.37. The van der Waals surface area contributed by atoms with E-state index >= 15 is 0 Å². The molecule has 7 nitrogen and oxygen atoms in total. The first-order chi connectivity index (χ1) is 11.5. The zero-order valence-electron chi connectivity index (χ0n) is 14.0. The molecule has 24 heavy (non-hydrogen) atoms. The molecule has 0 aliphatic carbocycles. The first-order valence-corrected chi connectivity index (χ1v) is 8.26. The van der Waals surface area contributed by atoms with Gasteiger partial charge in [-0.05, 0) is 26.0 Å². The number of para-hydroxylation sites is 1. The maximum Gasteiger partial charge on any atom is 0.265 e. The molecule has 0 saturated carbocycles. The van der Waals surface area contributed by atoms with Crippen LogP contribution in [0.5, 0.6) is 5.75 Å². The van der Waals surface area contributed by atoms with Gasteiger partial charge in [0.1, 0.15) is 0 Å². The fourth-order valence-corrected chi connectivity index (χ4v) is 3.07. The maximum absolute atomic E-state index is 12.9. The smallest absolute Gasteiger partial charge is 0.265 e. The van der Waals surface area contributed by atoms with Gasteiger partial charge < -0.3 is 20.1 Å². The van der Waals surface area contributed by atoms with Gasteiger partial charge in [-0.25, -0.2) is 0 Å². The Bertz CT molecular complexity index is 639. The summed E-state index contributed by atoms with van der Waals surface area (Å²) in [6.45, 7) is 6.73. The van der Waals surface area contributed by atoms with Gasteiger partial charge in [0.05, 0.1) is 17.4 Å². The Morgan fingerprint density at radius 3 is 2.75 bits per heavy atom. The Balaban J connectivity index is 1.73. The SMILES string of the molecule is CC(O)CN1CCN(C(=O)c2cccc3c2OC(C)C(=O)N3)CC1. The van der Waals surface area contributed by atoms with Crippen LogP contribution >= 0.6 is 0 Å². The highest BCUT2D eigenvalue weighted by molar-refractivity contribution is 6.04. The predicted molar refractivity (Wildman–Crippen MR) is 89.2 cm³/mol. The number of benzene rings is 1. The number of anilines is 1. The number of aliphatic hydroxyl groups is 1. The minimum absolute atomic E-state index is 0.0908. The Morgan fingerprint density at radius 2 is 2.08 bits per heavy atom.